The topological polar surface area (TPSA) is 125 Å². The largest absolute Gasteiger partial charge is 0.478 e. The Kier molecular flexibility index (Phi) is 6.04. The highest BCUT2D eigenvalue weighted by Gasteiger charge is 2.33. The van der Waals surface area contributed by atoms with E-state index < -0.39 is 24.1 Å². The fourth-order valence-corrected chi connectivity index (χ4v) is 3.61. The second-order valence-corrected chi connectivity index (χ2v) is 7.29. The average Bonchev–Trinajstić information content (AvgIpc) is 3.18. The average molecular weight is 439 g/mol. The van der Waals surface area contributed by atoms with Gasteiger partial charge in [0, 0.05) is 17.9 Å². The molecule has 2 aliphatic rings. The van der Waals surface area contributed by atoms with Gasteiger partial charge in [-0.1, -0.05) is 12.1 Å². The molecule has 1 unspecified atom stereocenters. The van der Waals surface area contributed by atoms with Gasteiger partial charge < -0.3 is 24.8 Å². The predicted molar refractivity (Wildman–Crippen MR) is 113 cm³/mol. The number of cyclic esters (lactones) is 1. The Hall–Kier alpha value is -3.92. The second-order valence-electron chi connectivity index (χ2n) is 7.29. The molecule has 2 aliphatic heterocycles. The smallest absolute Gasteiger partial charge is 0.414 e. The molecule has 0 aliphatic carbocycles. The summed E-state index contributed by atoms with van der Waals surface area (Å²) >= 11 is 0. The molecule has 2 aromatic rings. The van der Waals surface area contributed by atoms with E-state index in [-0.39, 0.29) is 36.7 Å². The van der Waals surface area contributed by atoms with E-state index in [1.807, 2.05) is 0 Å². The Morgan fingerprint density at radius 2 is 1.66 bits per heavy atom. The van der Waals surface area contributed by atoms with Crippen LogP contribution in [-0.4, -0.2) is 67.9 Å². The van der Waals surface area contributed by atoms with Crippen molar-refractivity contribution in [2.75, 3.05) is 42.6 Å². The van der Waals surface area contributed by atoms with E-state index in [0.717, 1.165) is 5.69 Å². The molecule has 2 saturated heterocycles. The number of aromatic carboxylic acids is 1. The maximum atomic E-state index is 12.4. The molecule has 10 nitrogen and oxygen atoms in total. The molecule has 2 aromatic carbocycles. The number of nitrogens with zero attached hydrogens (tertiary/aromatic N) is 2. The molecule has 32 heavy (non-hydrogen) atoms. The van der Waals surface area contributed by atoms with Crippen LogP contribution in [0.15, 0.2) is 48.5 Å². The molecule has 4 rings (SSSR count). The van der Waals surface area contributed by atoms with Crippen LogP contribution in [0.2, 0.25) is 0 Å². The van der Waals surface area contributed by atoms with Gasteiger partial charge in [-0.15, -0.1) is 0 Å². The molecule has 3 amide bonds. The number of morpholine rings is 1. The molecule has 0 radical (unpaired) electrons. The van der Waals surface area contributed by atoms with Crippen molar-refractivity contribution in [1.82, 2.24) is 5.32 Å². The summed E-state index contributed by atoms with van der Waals surface area (Å²) in [4.78, 5) is 51.0. The monoisotopic (exact) mass is 439 g/mol. The minimum Gasteiger partial charge on any atom is -0.478 e. The second kappa shape index (κ2) is 9.06. The summed E-state index contributed by atoms with van der Waals surface area (Å²) < 4.78 is 10.5. The molecule has 2 fully saturated rings. The van der Waals surface area contributed by atoms with Crippen LogP contribution >= 0.6 is 0 Å². The highest BCUT2D eigenvalue weighted by Crippen LogP contribution is 2.25. The number of carboxylic acid groups (broad SMARTS) is 1. The molecule has 2 N–H and O–H groups in total. The highest BCUT2D eigenvalue weighted by atomic mass is 16.6. The summed E-state index contributed by atoms with van der Waals surface area (Å²) in [5.41, 5.74) is 1.25. The van der Waals surface area contributed by atoms with Crippen LogP contribution in [0.1, 0.15) is 20.7 Å². The number of nitrogens with one attached hydrogen (secondary N) is 1. The van der Waals surface area contributed by atoms with Gasteiger partial charge in [-0.3, -0.25) is 14.5 Å². The van der Waals surface area contributed by atoms with Crippen LogP contribution in [0.3, 0.4) is 0 Å². The standard InChI is InChI=1S/C22H21N3O7/c26-19-13-31-10-9-24(19)14-5-7-15(8-6-14)25-12-16(32-22(25)30)11-23-20(27)17-3-1-2-4-18(17)21(28)29/h1-8,16H,9-13H2,(H,23,27)(H,28,29). The van der Waals surface area contributed by atoms with Crippen LogP contribution in [0, 0.1) is 0 Å². The lowest BCUT2D eigenvalue weighted by atomic mass is 10.1. The van der Waals surface area contributed by atoms with Gasteiger partial charge in [-0.2, -0.15) is 0 Å². The Morgan fingerprint density at radius 1 is 1.00 bits per heavy atom. The van der Waals surface area contributed by atoms with E-state index in [4.69, 9.17) is 9.47 Å². The third-order valence-corrected chi connectivity index (χ3v) is 5.23. The third-order valence-electron chi connectivity index (χ3n) is 5.23. The Balaban J connectivity index is 1.37. The number of rotatable bonds is 6. The molecule has 1 atom stereocenters. The molecular formula is C22H21N3O7. The number of carboxylic acids is 1. The molecule has 166 valence electrons. The lowest BCUT2D eigenvalue weighted by Crippen LogP contribution is -2.41. The van der Waals surface area contributed by atoms with Crippen molar-refractivity contribution < 1.29 is 33.8 Å². The van der Waals surface area contributed by atoms with Gasteiger partial charge in [-0.05, 0) is 36.4 Å². The van der Waals surface area contributed by atoms with Gasteiger partial charge in [0.05, 0.1) is 30.8 Å². The number of hydrogen-bond acceptors (Lipinski definition) is 6. The number of hydrogen-bond donors (Lipinski definition) is 2. The number of amides is 3. The lowest BCUT2D eigenvalue weighted by Gasteiger charge is -2.27. The van der Waals surface area contributed by atoms with Gasteiger partial charge in [0.1, 0.15) is 12.7 Å². The van der Waals surface area contributed by atoms with E-state index >= 15 is 0 Å². The molecule has 0 spiro atoms. The minimum atomic E-state index is -1.20. The summed E-state index contributed by atoms with van der Waals surface area (Å²) in [5.74, 6) is -1.88. The zero-order chi connectivity index (χ0) is 22.7. The van der Waals surface area contributed by atoms with Crippen molar-refractivity contribution in [3.05, 3.63) is 59.7 Å². The molecule has 10 heteroatoms. The van der Waals surface area contributed by atoms with Crippen molar-refractivity contribution in [2.24, 2.45) is 0 Å². The van der Waals surface area contributed by atoms with E-state index in [1.54, 1.807) is 35.2 Å². The van der Waals surface area contributed by atoms with E-state index in [9.17, 15) is 24.3 Å². The van der Waals surface area contributed by atoms with Gasteiger partial charge in [-0.25, -0.2) is 9.59 Å². The number of ether oxygens (including phenoxy) is 2. The fourth-order valence-electron chi connectivity index (χ4n) is 3.61. The Bertz CT molecular complexity index is 1050. The van der Waals surface area contributed by atoms with Crippen molar-refractivity contribution in [3.63, 3.8) is 0 Å². The molecule has 0 aromatic heterocycles. The predicted octanol–water partition coefficient (Wildman–Crippen LogP) is 1.50. The zero-order valence-electron chi connectivity index (χ0n) is 17.0. The molecule has 0 saturated carbocycles. The van der Waals surface area contributed by atoms with Crippen molar-refractivity contribution >= 4 is 35.3 Å². The van der Waals surface area contributed by atoms with Crippen molar-refractivity contribution in [1.29, 1.82) is 0 Å². The number of benzene rings is 2. The quantitative estimate of drug-likeness (QED) is 0.699. The fraction of sp³-hybridized carbons (Fsp3) is 0.273. The van der Waals surface area contributed by atoms with Gasteiger partial charge >= 0.3 is 12.1 Å². The minimum absolute atomic E-state index is 0.0365. The first kappa shape index (κ1) is 21.3. The van der Waals surface area contributed by atoms with E-state index in [2.05, 4.69) is 5.32 Å². The van der Waals surface area contributed by atoms with Gasteiger partial charge in [0.2, 0.25) is 0 Å². The first-order valence-electron chi connectivity index (χ1n) is 10.0. The summed E-state index contributed by atoms with van der Waals surface area (Å²) in [6.45, 7) is 1.24. The van der Waals surface area contributed by atoms with Crippen LogP contribution in [0.25, 0.3) is 0 Å². The molecule has 2 heterocycles. The first-order valence-corrected chi connectivity index (χ1v) is 10.0. The van der Waals surface area contributed by atoms with Crippen LogP contribution < -0.4 is 15.1 Å². The summed E-state index contributed by atoms with van der Waals surface area (Å²) in [6, 6.07) is 12.8. The molecule has 0 bridgehead atoms. The maximum absolute atomic E-state index is 12.4. The van der Waals surface area contributed by atoms with Crippen LogP contribution in [0.5, 0.6) is 0 Å². The first-order chi connectivity index (χ1) is 15.4. The maximum Gasteiger partial charge on any atom is 0.414 e. The number of carbonyl (C=O) groups excluding carboxylic acids is 3. The zero-order valence-corrected chi connectivity index (χ0v) is 17.0. The van der Waals surface area contributed by atoms with Crippen molar-refractivity contribution in [2.45, 2.75) is 6.10 Å². The summed E-state index contributed by atoms with van der Waals surface area (Å²) in [6.07, 6.45) is -1.14. The SMILES string of the molecule is O=C(O)c1ccccc1C(=O)NCC1CN(c2ccc(N3CCOCC3=O)cc2)C(=O)O1. The number of carbonyl (C=O) groups is 4. The summed E-state index contributed by atoms with van der Waals surface area (Å²) in [7, 11) is 0. The van der Waals surface area contributed by atoms with E-state index in [0.29, 0.717) is 18.8 Å². The Morgan fingerprint density at radius 3 is 2.31 bits per heavy atom. The highest BCUT2D eigenvalue weighted by molar-refractivity contribution is 6.04. The number of anilines is 2. The lowest BCUT2D eigenvalue weighted by molar-refractivity contribution is -0.125. The van der Waals surface area contributed by atoms with Crippen molar-refractivity contribution in [3.8, 4) is 0 Å². The normalized spacial score (nSPS) is 18.4. The van der Waals surface area contributed by atoms with E-state index in [1.165, 1.54) is 23.1 Å². The van der Waals surface area contributed by atoms with Gasteiger partial charge in [0.15, 0.2) is 0 Å². The summed E-state index contributed by atoms with van der Waals surface area (Å²) in [5, 5.41) is 11.8. The van der Waals surface area contributed by atoms with Gasteiger partial charge in [0.25, 0.3) is 11.8 Å². The third kappa shape index (κ3) is 4.40. The Labute approximate surface area is 183 Å². The van der Waals surface area contributed by atoms with Crippen LogP contribution in [-0.2, 0) is 14.3 Å². The molecular weight excluding hydrogens is 418 g/mol. The van der Waals surface area contributed by atoms with Crippen LogP contribution in [0.4, 0.5) is 16.2 Å².